The highest BCUT2D eigenvalue weighted by molar-refractivity contribution is 5.46. The van der Waals surface area contributed by atoms with Gasteiger partial charge in [0.05, 0.1) is 6.61 Å². The average molecular weight is 249 g/mol. The summed E-state index contributed by atoms with van der Waals surface area (Å²) in [7, 11) is 1.70. The minimum absolute atomic E-state index is 0.123. The van der Waals surface area contributed by atoms with Crippen molar-refractivity contribution in [1.29, 1.82) is 0 Å². The first kappa shape index (κ1) is 13.3. The summed E-state index contributed by atoms with van der Waals surface area (Å²) < 4.78 is 5.07. The van der Waals surface area contributed by atoms with E-state index in [1.54, 1.807) is 7.11 Å². The maximum absolute atomic E-state index is 5.98. The zero-order valence-electron chi connectivity index (χ0n) is 11.1. The normalized spacial score (nSPS) is 18.9. The van der Waals surface area contributed by atoms with Crippen LogP contribution in [-0.4, -0.2) is 57.4 Å². The Morgan fingerprint density at radius 1 is 1.17 bits per heavy atom. The molecular formula is C14H23N3O. The predicted octanol–water partition coefficient (Wildman–Crippen LogP) is 0.782. The van der Waals surface area contributed by atoms with Crippen LogP contribution < -0.4 is 10.6 Å². The lowest BCUT2D eigenvalue weighted by Crippen LogP contribution is -2.50. The molecule has 1 heterocycles. The molecule has 1 aromatic rings. The monoisotopic (exact) mass is 249 g/mol. The molecule has 1 aromatic carbocycles. The molecule has 0 saturated carbocycles. The first-order valence-corrected chi connectivity index (χ1v) is 6.56. The molecule has 1 atom stereocenters. The van der Waals surface area contributed by atoms with Crippen molar-refractivity contribution in [2.75, 3.05) is 51.3 Å². The Morgan fingerprint density at radius 2 is 1.83 bits per heavy atom. The molecule has 0 aliphatic carbocycles. The molecule has 4 nitrogen and oxygen atoms in total. The van der Waals surface area contributed by atoms with Crippen LogP contribution in [0.2, 0.25) is 0 Å². The van der Waals surface area contributed by atoms with E-state index in [2.05, 4.69) is 40.1 Å². The lowest BCUT2D eigenvalue weighted by atomic mass is 10.2. The second-order valence-corrected chi connectivity index (χ2v) is 4.84. The second kappa shape index (κ2) is 6.73. The Labute approximate surface area is 109 Å². The predicted molar refractivity (Wildman–Crippen MR) is 74.9 cm³/mol. The summed E-state index contributed by atoms with van der Waals surface area (Å²) in [4.78, 5) is 4.85. The third-order valence-corrected chi connectivity index (χ3v) is 3.37. The number of nitrogens with two attached hydrogens (primary N) is 1. The van der Waals surface area contributed by atoms with Gasteiger partial charge in [0, 0.05) is 51.6 Å². The van der Waals surface area contributed by atoms with Crippen LogP contribution in [0, 0.1) is 0 Å². The number of hydrogen-bond donors (Lipinski definition) is 1. The number of ether oxygens (including phenoxy) is 1. The van der Waals surface area contributed by atoms with E-state index in [0.717, 1.165) is 32.7 Å². The van der Waals surface area contributed by atoms with E-state index in [1.165, 1.54) is 5.69 Å². The fraction of sp³-hybridized carbons (Fsp3) is 0.571. The van der Waals surface area contributed by atoms with Crippen LogP contribution in [0.4, 0.5) is 5.69 Å². The molecule has 4 heteroatoms. The molecular weight excluding hydrogens is 226 g/mol. The molecule has 2 rings (SSSR count). The molecule has 1 aliphatic heterocycles. The van der Waals surface area contributed by atoms with Gasteiger partial charge in [-0.3, -0.25) is 4.90 Å². The van der Waals surface area contributed by atoms with Crippen molar-refractivity contribution < 1.29 is 4.74 Å². The maximum Gasteiger partial charge on any atom is 0.0626 e. The highest BCUT2D eigenvalue weighted by Crippen LogP contribution is 2.15. The molecule has 1 fully saturated rings. The minimum Gasteiger partial charge on any atom is -0.383 e. The average Bonchev–Trinajstić information content (AvgIpc) is 2.41. The second-order valence-electron chi connectivity index (χ2n) is 4.84. The molecule has 1 aliphatic rings. The van der Waals surface area contributed by atoms with Gasteiger partial charge in [0.15, 0.2) is 0 Å². The standard InChI is InChI=1S/C14H23N3O/c1-18-12-13(15)11-16-7-9-17(10-8-16)14-5-3-2-4-6-14/h2-6,13H,7-12,15H2,1H3. The number of benzene rings is 1. The van der Waals surface area contributed by atoms with Crippen molar-refractivity contribution >= 4 is 5.69 Å². The maximum atomic E-state index is 5.98. The highest BCUT2D eigenvalue weighted by atomic mass is 16.5. The summed E-state index contributed by atoms with van der Waals surface area (Å²) >= 11 is 0. The molecule has 1 saturated heterocycles. The van der Waals surface area contributed by atoms with E-state index in [9.17, 15) is 0 Å². The van der Waals surface area contributed by atoms with Crippen LogP contribution in [0.3, 0.4) is 0 Å². The zero-order valence-corrected chi connectivity index (χ0v) is 11.1. The van der Waals surface area contributed by atoms with Gasteiger partial charge in [-0.15, -0.1) is 0 Å². The van der Waals surface area contributed by atoms with Gasteiger partial charge in [-0.25, -0.2) is 0 Å². The summed E-state index contributed by atoms with van der Waals surface area (Å²) in [5.74, 6) is 0. The number of anilines is 1. The SMILES string of the molecule is COCC(N)CN1CCN(c2ccccc2)CC1. The van der Waals surface area contributed by atoms with Crippen molar-refractivity contribution in [2.24, 2.45) is 5.73 Å². The number of para-hydroxylation sites is 1. The number of hydrogen-bond acceptors (Lipinski definition) is 4. The van der Waals surface area contributed by atoms with Crippen molar-refractivity contribution in [3.63, 3.8) is 0 Å². The fourth-order valence-corrected chi connectivity index (χ4v) is 2.43. The number of nitrogens with zero attached hydrogens (tertiary/aromatic N) is 2. The van der Waals surface area contributed by atoms with E-state index in [4.69, 9.17) is 10.5 Å². The van der Waals surface area contributed by atoms with E-state index < -0.39 is 0 Å². The molecule has 0 bridgehead atoms. The van der Waals surface area contributed by atoms with Gasteiger partial charge in [0.1, 0.15) is 0 Å². The smallest absolute Gasteiger partial charge is 0.0626 e. The van der Waals surface area contributed by atoms with Gasteiger partial charge in [0.25, 0.3) is 0 Å². The summed E-state index contributed by atoms with van der Waals surface area (Å²) in [6.45, 7) is 5.86. The van der Waals surface area contributed by atoms with E-state index in [-0.39, 0.29) is 6.04 Å². The molecule has 0 spiro atoms. The summed E-state index contributed by atoms with van der Waals surface area (Å²) in [6.07, 6.45) is 0. The van der Waals surface area contributed by atoms with Crippen molar-refractivity contribution in [3.8, 4) is 0 Å². The summed E-state index contributed by atoms with van der Waals surface area (Å²) in [5, 5.41) is 0. The number of rotatable bonds is 5. The van der Waals surface area contributed by atoms with Gasteiger partial charge in [-0.2, -0.15) is 0 Å². The largest absolute Gasteiger partial charge is 0.383 e. The van der Waals surface area contributed by atoms with Gasteiger partial charge in [-0.05, 0) is 12.1 Å². The van der Waals surface area contributed by atoms with E-state index in [1.807, 2.05) is 0 Å². The van der Waals surface area contributed by atoms with Crippen LogP contribution in [0.15, 0.2) is 30.3 Å². The lowest BCUT2D eigenvalue weighted by Gasteiger charge is -2.37. The first-order valence-electron chi connectivity index (χ1n) is 6.56. The van der Waals surface area contributed by atoms with Crippen LogP contribution >= 0.6 is 0 Å². The zero-order chi connectivity index (χ0) is 12.8. The number of methoxy groups -OCH3 is 1. The molecule has 100 valence electrons. The fourth-order valence-electron chi connectivity index (χ4n) is 2.43. The summed E-state index contributed by atoms with van der Waals surface area (Å²) in [6, 6.07) is 10.7. The van der Waals surface area contributed by atoms with Crippen LogP contribution in [0.1, 0.15) is 0 Å². The summed E-state index contributed by atoms with van der Waals surface area (Å²) in [5.41, 5.74) is 7.30. The van der Waals surface area contributed by atoms with Crippen molar-refractivity contribution in [2.45, 2.75) is 6.04 Å². The highest BCUT2D eigenvalue weighted by Gasteiger charge is 2.18. The Bertz CT molecular complexity index is 336. The topological polar surface area (TPSA) is 41.7 Å². The van der Waals surface area contributed by atoms with Crippen LogP contribution in [-0.2, 0) is 4.74 Å². The molecule has 0 radical (unpaired) electrons. The van der Waals surface area contributed by atoms with Gasteiger partial charge < -0.3 is 15.4 Å². The molecule has 18 heavy (non-hydrogen) atoms. The molecule has 2 N–H and O–H groups in total. The van der Waals surface area contributed by atoms with Crippen LogP contribution in [0.25, 0.3) is 0 Å². The van der Waals surface area contributed by atoms with E-state index in [0.29, 0.717) is 6.61 Å². The van der Waals surface area contributed by atoms with Gasteiger partial charge >= 0.3 is 0 Å². The Kier molecular flexibility index (Phi) is 4.99. The molecule has 0 aromatic heterocycles. The van der Waals surface area contributed by atoms with Crippen LogP contribution in [0.5, 0.6) is 0 Å². The lowest BCUT2D eigenvalue weighted by molar-refractivity contribution is 0.150. The van der Waals surface area contributed by atoms with Gasteiger partial charge in [-0.1, -0.05) is 18.2 Å². The van der Waals surface area contributed by atoms with Crippen molar-refractivity contribution in [1.82, 2.24) is 4.90 Å². The third-order valence-electron chi connectivity index (χ3n) is 3.37. The number of piperazine rings is 1. The quantitative estimate of drug-likeness (QED) is 0.837. The van der Waals surface area contributed by atoms with E-state index >= 15 is 0 Å². The first-order chi connectivity index (χ1) is 8.79. The third kappa shape index (κ3) is 3.70. The van der Waals surface area contributed by atoms with Gasteiger partial charge in [0.2, 0.25) is 0 Å². The molecule has 0 amide bonds. The Hall–Kier alpha value is -1.10. The Balaban J connectivity index is 1.78. The minimum atomic E-state index is 0.123. The van der Waals surface area contributed by atoms with Crippen molar-refractivity contribution in [3.05, 3.63) is 30.3 Å². The Morgan fingerprint density at radius 3 is 2.44 bits per heavy atom. The molecule has 1 unspecified atom stereocenters.